The monoisotopic (exact) mass is 349 g/mol. The van der Waals surface area contributed by atoms with Crippen LogP contribution in [0.1, 0.15) is 28.8 Å². The first-order chi connectivity index (χ1) is 12.6. The van der Waals surface area contributed by atoms with E-state index in [-0.39, 0.29) is 11.8 Å². The summed E-state index contributed by atoms with van der Waals surface area (Å²) in [6.45, 7) is 0.524. The van der Waals surface area contributed by atoms with Crippen molar-refractivity contribution in [1.29, 1.82) is 5.26 Å². The average Bonchev–Trinajstić information content (AvgIpc) is 3.18. The molecule has 0 unspecified atom stereocenters. The number of anilines is 1. The lowest BCUT2D eigenvalue weighted by Gasteiger charge is -2.24. The highest BCUT2D eigenvalue weighted by Crippen LogP contribution is 2.23. The second kappa shape index (κ2) is 7.70. The Balaban J connectivity index is 1.73. The molecule has 0 bridgehead atoms. The van der Waals surface area contributed by atoms with Gasteiger partial charge < -0.3 is 15.0 Å². The molecule has 2 amide bonds. The molecule has 132 valence electrons. The number of likely N-dealkylation sites (tertiary alicyclic amines) is 1. The molecule has 26 heavy (non-hydrogen) atoms. The molecule has 1 aliphatic heterocycles. The fraction of sp³-hybridized carbons (Fsp3) is 0.250. The lowest BCUT2D eigenvalue weighted by molar-refractivity contribution is -0.119. The Morgan fingerprint density at radius 2 is 2.00 bits per heavy atom. The molecule has 2 aromatic carbocycles. The van der Waals surface area contributed by atoms with Crippen molar-refractivity contribution in [3.8, 4) is 11.8 Å². The van der Waals surface area contributed by atoms with E-state index < -0.39 is 6.04 Å². The summed E-state index contributed by atoms with van der Waals surface area (Å²) in [7, 11) is 1.58. The highest BCUT2D eigenvalue weighted by Gasteiger charge is 2.34. The topological polar surface area (TPSA) is 82.4 Å². The zero-order chi connectivity index (χ0) is 18.5. The number of nitriles is 1. The van der Waals surface area contributed by atoms with E-state index in [0.29, 0.717) is 35.5 Å². The fourth-order valence-electron chi connectivity index (χ4n) is 3.07. The van der Waals surface area contributed by atoms with Gasteiger partial charge in [0.2, 0.25) is 5.91 Å². The number of carbonyl (C=O) groups is 2. The van der Waals surface area contributed by atoms with E-state index >= 15 is 0 Å². The number of ether oxygens (including phenoxy) is 1. The Morgan fingerprint density at radius 1 is 1.23 bits per heavy atom. The molecule has 0 saturated carbocycles. The maximum absolute atomic E-state index is 12.8. The van der Waals surface area contributed by atoms with Crippen molar-refractivity contribution in [2.45, 2.75) is 18.9 Å². The number of rotatable bonds is 4. The molecule has 2 aromatic rings. The molecule has 0 aromatic heterocycles. The van der Waals surface area contributed by atoms with Gasteiger partial charge in [-0.1, -0.05) is 6.07 Å². The van der Waals surface area contributed by atoms with Crippen LogP contribution in [-0.2, 0) is 4.79 Å². The third kappa shape index (κ3) is 3.67. The summed E-state index contributed by atoms with van der Waals surface area (Å²) >= 11 is 0. The van der Waals surface area contributed by atoms with Crippen molar-refractivity contribution in [1.82, 2.24) is 4.90 Å². The van der Waals surface area contributed by atoms with E-state index in [1.807, 2.05) is 6.07 Å². The molecule has 1 saturated heterocycles. The summed E-state index contributed by atoms with van der Waals surface area (Å²) in [6.07, 6.45) is 1.38. The van der Waals surface area contributed by atoms with E-state index in [2.05, 4.69) is 5.32 Å². The highest BCUT2D eigenvalue weighted by molar-refractivity contribution is 6.01. The van der Waals surface area contributed by atoms with E-state index in [4.69, 9.17) is 10.00 Å². The van der Waals surface area contributed by atoms with Gasteiger partial charge >= 0.3 is 0 Å². The Kier molecular flexibility index (Phi) is 5.18. The number of nitrogens with one attached hydrogen (secondary N) is 1. The SMILES string of the molecule is COc1ccc(NC(=O)[C@@H]2CCCN2C(=O)c2cccc(C#N)c2)cc1. The van der Waals surface area contributed by atoms with Crippen LogP contribution in [0.3, 0.4) is 0 Å². The number of amides is 2. The predicted molar refractivity (Wildman–Crippen MR) is 96.8 cm³/mol. The molecule has 6 nitrogen and oxygen atoms in total. The summed E-state index contributed by atoms with van der Waals surface area (Å²) in [5.41, 5.74) is 1.50. The van der Waals surface area contributed by atoms with Crippen molar-refractivity contribution in [2.24, 2.45) is 0 Å². The Hall–Kier alpha value is -3.33. The smallest absolute Gasteiger partial charge is 0.254 e. The van der Waals surface area contributed by atoms with Crippen LogP contribution in [-0.4, -0.2) is 36.4 Å². The molecule has 6 heteroatoms. The molecule has 1 N–H and O–H groups in total. The minimum atomic E-state index is -0.518. The third-order valence-corrected chi connectivity index (χ3v) is 4.41. The minimum absolute atomic E-state index is 0.211. The van der Waals surface area contributed by atoms with E-state index in [1.54, 1.807) is 60.5 Å². The van der Waals surface area contributed by atoms with E-state index in [0.717, 1.165) is 6.42 Å². The summed E-state index contributed by atoms with van der Waals surface area (Å²) < 4.78 is 5.10. The normalized spacial score (nSPS) is 16.0. The van der Waals surface area contributed by atoms with Gasteiger partial charge in [-0.3, -0.25) is 9.59 Å². The predicted octanol–water partition coefficient (Wildman–Crippen LogP) is 2.81. The number of hydrogen-bond donors (Lipinski definition) is 1. The van der Waals surface area contributed by atoms with Crippen LogP contribution in [0.5, 0.6) is 5.75 Å². The summed E-state index contributed by atoms with van der Waals surface area (Å²) in [5, 5.41) is 11.9. The Labute approximate surface area is 152 Å². The van der Waals surface area contributed by atoms with Gasteiger partial charge in [0.25, 0.3) is 5.91 Å². The third-order valence-electron chi connectivity index (χ3n) is 4.41. The number of benzene rings is 2. The van der Waals surface area contributed by atoms with Crippen LogP contribution in [0, 0.1) is 11.3 Å². The number of methoxy groups -OCH3 is 1. The molecule has 1 fully saturated rings. The van der Waals surface area contributed by atoms with Gasteiger partial charge in [-0.2, -0.15) is 5.26 Å². The highest BCUT2D eigenvalue weighted by atomic mass is 16.5. The maximum Gasteiger partial charge on any atom is 0.254 e. The average molecular weight is 349 g/mol. The standard InChI is InChI=1S/C20H19N3O3/c1-26-17-9-7-16(8-10-17)22-19(24)18-6-3-11-23(18)20(25)15-5-2-4-14(12-15)13-21/h2,4-5,7-10,12,18H,3,6,11H2,1H3,(H,22,24)/t18-/m0/s1. The largest absolute Gasteiger partial charge is 0.497 e. The van der Waals surface area contributed by atoms with Crippen LogP contribution in [0.25, 0.3) is 0 Å². The first-order valence-electron chi connectivity index (χ1n) is 8.38. The number of hydrogen-bond acceptors (Lipinski definition) is 4. The van der Waals surface area contributed by atoms with E-state index in [9.17, 15) is 9.59 Å². The first-order valence-corrected chi connectivity index (χ1v) is 8.38. The molecule has 0 radical (unpaired) electrons. The van der Waals surface area contributed by atoms with Crippen LogP contribution < -0.4 is 10.1 Å². The lowest BCUT2D eigenvalue weighted by atomic mass is 10.1. The van der Waals surface area contributed by atoms with Gasteiger partial charge in [0.1, 0.15) is 11.8 Å². The Bertz CT molecular complexity index is 855. The molecule has 1 heterocycles. The molecular weight excluding hydrogens is 330 g/mol. The lowest BCUT2D eigenvalue weighted by Crippen LogP contribution is -2.43. The van der Waals surface area contributed by atoms with E-state index in [1.165, 1.54) is 0 Å². The quantitative estimate of drug-likeness (QED) is 0.920. The molecule has 0 spiro atoms. The first kappa shape index (κ1) is 17.5. The van der Waals surface area contributed by atoms with Gasteiger partial charge in [0, 0.05) is 17.8 Å². The Morgan fingerprint density at radius 3 is 2.69 bits per heavy atom. The summed E-state index contributed by atoms with van der Waals surface area (Å²) in [5.74, 6) is 0.268. The van der Waals surface area contributed by atoms with Crippen molar-refractivity contribution in [3.05, 3.63) is 59.7 Å². The fourth-order valence-corrected chi connectivity index (χ4v) is 3.07. The van der Waals surface area contributed by atoms with Crippen molar-refractivity contribution in [3.63, 3.8) is 0 Å². The van der Waals surface area contributed by atoms with Crippen LogP contribution in [0.15, 0.2) is 48.5 Å². The van der Waals surface area contributed by atoms with Crippen molar-refractivity contribution >= 4 is 17.5 Å². The van der Waals surface area contributed by atoms with Gasteiger partial charge in [-0.25, -0.2) is 0 Å². The second-order valence-electron chi connectivity index (χ2n) is 6.07. The molecule has 1 aliphatic rings. The summed E-state index contributed by atoms with van der Waals surface area (Å²) in [6, 6.07) is 15.1. The van der Waals surface area contributed by atoms with Crippen molar-refractivity contribution in [2.75, 3.05) is 19.0 Å². The van der Waals surface area contributed by atoms with Crippen LogP contribution in [0.4, 0.5) is 5.69 Å². The zero-order valence-corrected chi connectivity index (χ0v) is 14.4. The number of nitrogens with zero attached hydrogens (tertiary/aromatic N) is 2. The minimum Gasteiger partial charge on any atom is -0.497 e. The van der Waals surface area contributed by atoms with Gasteiger partial charge in [0.05, 0.1) is 18.7 Å². The molecule has 0 aliphatic carbocycles. The second-order valence-corrected chi connectivity index (χ2v) is 6.07. The van der Waals surface area contributed by atoms with Crippen molar-refractivity contribution < 1.29 is 14.3 Å². The molecular formula is C20H19N3O3. The summed E-state index contributed by atoms with van der Waals surface area (Å²) in [4.78, 5) is 27.0. The number of carbonyl (C=O) groups excluding carboxylic acids is 2. The maximum atomic E-state index is 12.8. The molecule has 1 atom stereocenters. The van der Waals surface area contributed by atoms with Crippen LogP contribution >= 0.6 is 0 Å². The molecule has 3 rings (SSSR count). The van der Waals surface area contributed by atoms with Crippen LogP contribution in [0.2, 0.25) is 0 Å². The van der Waals surface area contributed by atoms with Gasteiger partial charge in [0.15, 0.2) is 0 Å². The van der Waals surface area contributed by atoms with Gasteiger partial charge in [-0.05, 0) is 55.3 Å². The zero-order valence-electron chi connectivity index (χ0n) is 14.4. The van der Waals surface area contributed by atoms with Gasteiger partial charge in [-0.15, -0.1) is 0 Å².